The van der Waals surface area contributed by atoms with Crippen molar-refractivity contribution < 1.29 is 0 Å². The van der Waals surface area contributed by atoms with E-state index in [0.29, 0.717) is 22.5 Å². The molecule has 1 unspecified atom stereocenters. The topological polar surface area (TPSA) is 77.8 Å². The number of benzene rings is 1. The van der Waals surface area contributed by atoms with Gasteiger partial charge in [-0.2, -0.15) is 11.8 Å². The molecule has 3 N–H and O–H groups in total. The average Bonchev–Trinajstić information content (AvgIpc) is 2.39. The molecule has 2 aromatic rings. The van der Waals surface area contributed by atoms with Crippen LogP contribution in [0.4, 0.5) is 5.69 Å². The van der Waals surface area contributed by atoms with E-state index in [9.17, 15) is 9.59 Å². The van der Waals surface area contributed by atoms with Crippen molar-refractivity contribution in [2.24, 2.45) is 5.41 Å². The average molecular weight is 305 g/mol. The molecule has 0 saturated carbocycles. The maximum Gasteiger partial charge on any atom is 0.314 e. The summed E-state index contributed by atoms with van der Waals surface area (Å²) >= 11 is 1.97. The zero-order valence-electron chi connectivity index (χ0n) is 12.2. The van der Waals surface area contributed by atoms with Gasteiger partial charge in [0, 0.05) is 17.5 Å². The van der Waals surface area contributed by atoms with Crippen LogP contribution < -0.4 is 16.4 Å². The predicted octanol–water partition coefficient (Wildman–Crippen LogP) is 2.16. The van der Waals surface area contributed by atoms with Crippen molar-refractivity contribution in [2.45, 2.75) is 26.3 Å². The first-order valence-electron chi connectivity index (χ1n) is 7.04. The van der Waals surface area contributed by atoms with Gasteiger partial charge in [0.2, 0.25) is 0 Å². The summed E-state index contributed by atoms with van der Waals surface area (Å²) in [5.41, 5.74) is 1.36. The van der Waals surface area contributed by atoms with Crippen molar-refractivity contribution in [2.75, 3.05) is 16.8 Å². The van der Waals surface area contributed by atoms with Gasteiger partial charge in [0.1, 0.15) is 0 Å². The van der Waals surface area contributed by atoms with Crippen LogP contribution in [0.3, 0.4) is 0 Å². The Hall–Kier alpha value is -1.69. The Kier molecular flexibility index (Phi) is 3.57. The second kappa shape index (κ2) is 5.26. The highest BCUT2D eigenvalue weighted by Crippen LogP contribution is 2.34. The summed E-state index contributed by atoms with van der Waals surface area (Å²) in [4.78, 5) is 27.9. The number of H-pyrrole nitrogens is 2. The molecular weight excluding hydrogens is 286 g/mol. The molecule has 0 bridgehead atoms. The van der Waals surface area contributed by atoms with Gasteiger partial charge in [0.15, 0.2) is 0 Å². The Morgan fingerprint density at radius 2 is 1.90 bits per heavy atom. The first-order valence-corrected chi connectivity index (χ1v) is 8.19. The molecule has 1 aliphatic heterocycles. The lowest BCUT2D eigenvalue weighted by Gasteiger charge is -2.35. The zero-order chi connectivity index (χ0) is 15.0. The van der Waals surface area contributed by atoms with E-state index in [1.54, 1.807) is 0 Å². The molecule has 1 aromatic heterocycles. The fourth-order valence-corrected chi connectivity index (χ4v) is 4.07. The van der Waals surface area contributed by atoms with E-state index in [4.69, 9.17) is 0 Å². The van der Waals surface area contributed by atoms with Crippen LogP contribution in [0.25, 0.3) is 11.0 Å². The van der Waals surface area contributed by atoms with Gasteiger partial charge in [-0.1, -0.05) is 13.8 Å². The van der Waals surface area contributed by atoms with E-state index in [2.05, 4.69) is 29.1 Å². The van der Waals surface area contributed by atoms with E-state index in [1.165, 1.54) is 5.75 Å². The number of thioether (sulfide) groups is 1. The van der Waals surface area contributed by atoms with E-state index < -0.39 is 11.1 Å². The summed E-state index contributed by atoms with van der Waals surface area (Å²) in [6, 6.07) is 6.04. The minimum Gasteiger partial charge on any atom is -0.381 e. The summed E-state index contributed by atoms with van der Waals surface area (Å²) in [6.45, 7) is 4.58. The van der Waals surface area contributed by atoms with Crippen LogP contribution in [0, 0.1) is 5.41 Å². The van der Waals surface area contributed by atoms with Gasteiger partial charge in [-0.3, -0.25) is 9.59 Å². The highest BCUT2D eigenvalue weighted by atomic mass is 32.2. The third-order valence-corrected chi connectivity index (χ3v) is 5.33. The fourth-order valence-electron chi connectivity index (χ4n) is 2.80. The summed E-state index contributed by atoms with van der Waals surface area (Å²) in [6.07, 6.45) is 1.13. The quantitative estimate of drug-likeness (QED) is 0.743. The first kappa shape index (κ1) is 14.3. The second-order valence-electron chi connectivity index (χ2n) is 6.39. The van der Waals surface area contributed by atoms with Gasteiger partial charge in [-0.05, 0) is 35.8 Å². The number of rotatable bonds is 2. The molecule has 112 valence electrons. The van der Waals surface area contributed by atoms with Crippen LogP contribution in [0.1, 0.15) is 20.3 Å². The van der Waals surface area contributed by atoms with Gasteiger partial charge in [0.25, 0.3) is 0 Å². The molecule has 1 fully saturated rings. The van der Waals surface area contributed by atoms with Gasteiger partial charge >= 0.3 is 11.1 Å². The maximum absolute atomic E-state index is 11.4. The molecule has 1 atom stereocenters. The molecule has 2 heterocycles. The second-order valence-corrected chi connectivity index (χ2v) is 7.42. The number of hydrogen-bond acceptors (Lipinski definition) is 4. The molecule has 5 nitrogen and oxygen atoms in total. The van der Waals surface area contributed by atoms with Crippen LogP contribution in [0.15, 0.2) is 27.8 Å². The van der Waals surface area contributed by atoms with Crippen LogP contribution in [-0.4, -0.2) is 27.5 Å². The Morgan fingerprint density at radius 3 is 2.62 bits per heavy atom. The minimum atomic E-state index is -0.617. The number of anilines is 1. The van der Waals surface area contributed by atoms with Crippen molar-refractivity contribution in [1.29, 1.82) is 0 Å². The molecule has 0 radical (unpaired) electrons. The summed E-state index contributed by atoms with van der Waals surface area (Å²) in [7, 11) is 0. The van der Waals surface area contributed by atoms with Gasteiger partial charge in [0.05, 0.1) is 11.0 Å². The van der Waals surface area contributed by atoms with Crippen molar-refractivity contribution in [3.8, 4) is 0 Å². The third kappa shape index (κ3) is 3.15. The number of hydrogen-bond donors (Lipinski definition) is 3. The molecule has 1 saturated heterocycles. The smallest absolute Gasteiger partial charge is 0.314 e. The van der Waals surface area contributed by atoms with E-state index >= 15 is 0 Å². The molecule has 21 heavy (non-hydrogen) atoms. The predicted molar refractivity (Wildman–Crippen MR) is 88.3 cm³/mol. The SMILES string of the molecule is CC1(C)CSCC(Nc2ccc3[nH]c(=O)c(=O)[nH]c3c2)C1. The van der Waals surface area contributed by atoms with Gasteiger partial charge in [-0.15, -0.1) is 0 Å². The van der Waals surface area contributed by atoms with Gasteiger partial charge < -0.3 is 15.3 Å². The number of aromatic amines is 2. The molecule has 3 rings (SSSR count). The lowest BCUT2D eigenvalue weighted by atomic mass is 9.88. The van der Waals surface area contributed by atoms with Crippen LogP contribution in [0.5, 0.6) is 0 Å². The van der Waals surface area contributed by atoms with Crippen LogP contribution in [0.2, 0.25) is 0 Å². The Bertz CT molecular complexity index is 778. The summed E-state index contributed by atoms with van der Waals surface area (Å²) < 4.78 is 0. The number of fused-ring (bicyclic) bond motifs is 1. The largest absolute Gasteiger partial charge is 0.381 e. The highest BCUT2D eigenvalue weighted by Gasteiger charge is 2.28. The molecule has 0 amide bonds. The lowest BCUT2D eigenvalue weighted by molar-refractivity contribution is 0.358. The Labute approximate surface area is 126 Å². The van der Waals surface area contributed by atoms with Crippen LogP contribution in [-0.2, 0) is 0 Å². The highest BCUT2D eigenvalue weighted by molar-refractivity contribution is 7.99. The Balaban J connectivity index is 1.86. The van der Waals surface area contributed by atoms with Crippen molar-refractivity contribution >= 4 is 28.5 Å². The normalized spacial score (nSPS) is 21.3. The molecule has 6 heteroatoms. The van der Waals surface area contributed by atoms with E-state index in [0.717, 1.165) is 17.9 Å². The van der Waals surface area contributed by atoms with E-state index in [1.807, 2.05) is 30.0 Å². The molecular formula is C15H19N3O2S. The zero-order valence-corrected chi connectivity index (χ0v) is 13.0. The summed E-state index contributed by atoms with van der Waals surface area (Å²) in [5.74, 6) is 2.28. The Morgan fingerprint density at radius 1 is 1.19 bits per heavy atom. The number of nitrogens with one attached hydrogen (secondary N) is 3. The maximum atomic E-state index is 11.4. The molecule has 1 aromatic carbocycles. The van der Waals surface area contributed by atoms with Crippen molar-refractivity contribution in [3.05, 3.63) is 38.9 Å². The number of aromatic nitrogens is 2. The first-order chi connectivity index (χ1) is 9.93. The van der Waals surface area contributed by atoms with Crippen molar-refractivity contribution in [1.82, 2.24) is 9.97 Å². The standard InChI is InChI=1S/C15H19N3O2S/c1-15(2)6-10(7-21-8-15)16-9-3-4-11-12(5-9)18-14(20)13(19)17-11/h3-5,10,16H,6-8H2,1-2H3,(H,17,19)(H,18,20). The molecule has 1 aliphatic rings. The molecule has 0 spiro atoms. The summed E-state index contributed by atoms with van der Waals surface area (Å²) in [5, 5.41) is 3.53. The third-order valence-electron chi connectivity index (χ3n) is 3.70. The lowest BCUT2D eigenvalue weighted by Crippen LogP contribution is -2.35. The molecule has 0 aliphatic carbocycles. The fraction of sp³-hybridized carbons (Fsp3) is 0.467. The van der Waals surface area contributed by atoms with Crippen LogP contribution >= 0.6 is 11.8 Å². The minimum absolute atomic E-state index is 0.344. The van der Waals surface area contributed by atoms with Gasteiger partial charge in [-0.25, -0.2) is 0 Å². The van der Waals surface area contributed by atoms with Crippen molar-refractivity contribution in [3.63, 3.8) is 0 Å². The van der Waals surface area contributed by atoms with E-state index in [-0.39, 0.29) is 0 Å². The monoisotopic (exact) mass is 305 g/mol.